The van der Waals surface area contributed by atoms with Crippen LogP contribution in [0, 0.1) is 11.8 Å². The van der Waals surface area contributed by atoms with Gasteiger partial charge < -0.3 is 14.5 Å². The maximum atomic E-state index is 13.5. The van der Waals surface area contributed by atoms with E-state index in [1.165, 1.54) is 6.07 Å². The number of aromatic nitrogens is 3. The Bertz CT molecular complexity index is 1690. The zero-order valence-electron chi connectivity index (χ0n) is 21.2. The average molecular weight is 529 g/mol. The molecule has 1 saturated heterocycles. The fraction of sp³-hybridized carbons (Fsp3) is 0.290. The number of amides is 1. The molecule has 5 aromatic rings. The molecule has 1 amide bonds. The van der Waals surface area contributed by atoms with Gasteiger partial charge in [0.25, 0.3) is 0 Å². The maximum absolute atomic E-state index is 13.5. The molecule has 2 fully saturated rings. The second kappa shape index (κ2) is 9.00. The van der Waals surface area contributed by atoms with Crippen LogP contribution in [0.25, 0.3) is 44.5 Å². The molecule has 1 saturated carbocycles. The number of nitrogens with one attached hydrogen (secondary N) is 1. The van der Waals surface area contributed by atoms with Gasteiger partial charge >= 0.3 is 6.18 Å². The summed E-state index contributed by atoms with van der Waals surface area (Å²) >= 11 is 0. The van der Waals surface area contributed by atoms with Crippen LogP contribution in [0.2, 0.25) is 0 Å². The SMILES string of the molecule is O=C(C1CC1)N1CCC(Cn2c(-c3ccc(-c4ccc5[nH]ccc5c4)cc3)nc3cc(C(F)(F)F)ccc32)C1. The van der Waals surface area contributed by atoms with Gasteiger partial charge in [-0.25, -0.2) is 4.98 Å². The van der Waals surface area contributed by atoms with Crippen molar-refractivity contribution in [3.63, 3.8) is 0 Å². The molecule has 1 atom stereocenters. The van der Waals surface area contributed by atoms with Gasteiger partial charge in [0.05, 0.1) is 16.6 Å². The number of alkyl halides is 3. The van der Waals surface area contributed by atoms with Crippen molar-refractivity contribution in [3.05, 3.63) is 78.5 Å². The molecule has 0 bridgehead atoms. The van der Waals surface area contributed by atoms with E-state index in [4.69, 9.17) is 4.98 Å². The number of aromatic amines is 1. The van der Waals surface area contributed by atoms with Crippen LogP contribution in [-0.2, 0) is 17.5 Å². The Morgan fingerprint density at radius 3 is 2.46 bits per heavy atom. The molecule has 2 aromatic heterocycles. The van der Waals surface area contributed by atoms with Gasteiger partial charge in [0.15, 0.2) is 0 Å². The number of benzene rings is 3. The van der Waals surface area contributed by atoms with Gasteiger partial charge in [0.2, 0.25) is 5.91 Å². The largest absolute Gasteiger partial charge is 0.416 e. The smallest absolute Gasteiger partial charge is 0.361 e. The van der Waals surface area contributed by atoms with Gasteiger partial charge in [0, 0.05) is 42.8 Å². The number of carbonyl (C=O) groups excluding carboxylic acids is 1. The molecule has 3 aromatic carbocycles. The summed E-state index contributed by atoms with van der Waals surface area (Å²) in [7, 11) is 0. The first-order valence-electron chi connectivity index (χ1n) is 13.4. The topological polar surface area (TPSA) is 53.9 Å². The van der Waals surface area contributed by atoms with Crippen LogP contribution in [0.3, 0.4) is 0 Å². The highest BCUT2D eigenvalue weighted by atomic mass is 19.4. The second-order valence-electron chi connectivity index (χ2n) is 10.8. The van der Waals surface area contributed by atoms with Crippen LogP contribution >= 0.6 is 0 Å². The van der Waals surface area contributed by atoms with E-state index in [0.29, 0.717) is 29.9 Å². The molecular weight excluding hydrogens is 501 g/mol. The third-order valence-electron chi connectivity index (χ3n) is 8.07. The minimum absolute atomic E-state index is 0.186. The first-order chi connectivity index (χ1) is 18.8. The van der Waals surface area contributed by atoms with Crippen molar-refractivity contribution < 1.29 is 18.0 Å². The van der Waals surface area contributed by atoms with Crippen LogP contribution in [0.15, 0.2) is 72.9 Å². The molecule has 2 aliphatic rings. The lowest BCUT2D eigenvalue weighted by molar-refractivity contribution is -0.137. The summed E-state index contributed by atoms with van der Waals surface area (Å²) in [6.45, 7) is 2.01. The van der Waals surface area contributed by atoms with Gasteiger partial charge in [-0.15, -0.1) is 0 Å². The highest BCUT2D eigenvalue weighted by molar-refractivity contribution is 5.86. The predicted molar refractivity (Wildman–Crippen MR) is 145 cm³/mol. The number of hydrogen-bond donors (Lipinski definition) is 1. The fourth-order valence-corrected chi connectivity index (χ4v) is 5.78. The van der Waals surface area contributed by atoms with Crippen molar-refractivity contribution in [3.8, 4) is 22.5 Å². The van der Waals surface area contributed by atoms with E-state index < -0.39 is 11.7 Å². The number of carbonyl (C=O) groups is 1. The number of fused-ring (bicyclic) bond motifs is 2. The number of likely N-dealkylation sites (tertiary alicyclic amines) is 1. The van der Waals surface area contributed by atoms with E-state index in [1.54, 1.807) is 0 Å². The molecule has 198 valence electrons. The molecule has 1 aliphatic carbocycles. The third-order valence-corrected chi connectivity index (χ3v) is 8.07. The van der Waals surface area contributed by atoms with Gasteiger partial charge in [-0.3, -0.25) is 4.79 Å². The number of imidazole rings is 1. The van der Waals surface area contributed by atoms with E-state index in [2.05, 4.69) is 23.2 Å². The highest BCUT2D eigenvalue weighted by Gasteiger charge is 2.37. The number of hydrogen-bond acceptors (Lipinski definition) is 2. The molecule has 0 spiro atoms. The zero-order chi connectivity index (χ0) is 26.7. The molecule has 8 heteroatoms. The summed E-state index contributed by atoms with van der Waals surface area (Å²) < 4.78 is 42.4. The predicted octanol–water partition coefficient (Wildman–Crippen LogP) is 7.13. The normalized spacial score (nSPS) is 17.9. The molecule has 3 heterocycles. The lowest BCUT2D eigenvalue weighted by Crippen LogP contribution is -2.30. The van der Waals surface area contributed by atoms with E-state index in [-0.39, 0.29) is 17.7 Å². The van der Waals surface area contributed by atoms with Gasteiger partial charge in [-0.05, 0) is 78.1 Å². The lowest BCUT2D eigenvalue weighted by atomic mass is 10.0. The van der Waals surface area contributed by atoms with Crippen LogP contribution < -0.4 is 0 Å². The molecule has 5 nitrogen and oxygen atoms in total. The monoisotopic (exact) mass is 528 g/mol. The first kappa shape index (κ1) is 24.0. The molecule has 1 N–H and O–H groups in total. The number of rotatable bonds is 5. The van der Waals surface area contributed by atoms with E-state index in [9.17, 15) is 18.0 Å². The summed E-state index contributed by atoms with van der Waals surface area (Å²) in [6, 6.07) is 20.1. The third kappa shape index (κ3) is 4.47. The van der Waals surface area contributed by atoms with E-state index in [1.807, 2.05) is 46.0 Å². The maximum Gasteiger partial charge on any atom is 0.416 e. The van der Waals surface area contributed by atoms with Crippen molar-refractivity contribution >= 4 is 27.8 Å². The van der Waals surface area contributed by atoms with Crippen molar-refractivity contribution in [2.24, 2.45) is 11.8 Å². The minimum Gasteiger partial charge on any atom is -0.361 e. The van der Waals surface area contributed by atoms with Crippen molar-refractivity contribution in [1.29, 1.82) is 0 Å². The first-order valence-corrected chi connectivity index (χ1v) is 13.4. The van der Waals surface area contributed by atoms with E-state index >= 15 is 0 Å². The van der Waals surface area contributed by atoms with Gasteiger partial charge in [0.1, 0.15) is 5.82 Å². The quantitative estimate of drug-likeness (QED) is 0.264. The van der Waals surface area contributed by atoms with Crippen LogP contribution in [0.1, 0.15) is 24.8 Å². The van der Waals surface area contributed by atoms with Crippen LogP contribution in [0.4, 0.5) is 13.2 Å². The minimum atomic E-state index is -4.44. The standard InChI is InChI=1S/C31H27F3N4O/c32-31(33,34)25-8-10-28-27(16-25)36-29(38(28)18-19-12-14-37(17-19)30(39)22-5-6-22)21-3-1-20(2-4-21)23-7-9-26-24(15-23)11-13-35-26/h1-4,7-11,13,15-16,19,22,35H,5-6,12,14,17-18H2. The number of H-pyrrole nitrogens is 1. The van der Waals surface area contributed by atoms with Crippen molar-refractivity contribution in [1.82, 2.24) is 19.4 Å². The number of halogens is 3. The summed E-state index contributed by atoms with van der Waals surface area (Å²) in [5.74, 6) is 1.30. The Balaban J connectivity index is 1.24. The lowest BCUT2D eigenvalue weighted by Gasteiger charge is -2.18. The average Bonchev–Trinajstić information content (AvgIpc) is 3.33. The Labute approximate surface area is 223 Å². The van der Waals surface area contributed by atoms with Crippen molar-refractivity contribution in [2.75, 3.05) is 13.1 Å². The molecule has 1 unspecified atom stereocenters. The van der Waals surface area contributed by atoms with Crippen LogP contribution in [-0.4, -0.2) is 38.4 Å². The zero-order valence-corrected chi connectivity index (χ0v) is 21.2. The number of nitrogens with zero attached hydrogens (tertiary/aromatic N) is 3. The Morgan fingerprint density at radius 2 is 1.69 bits per heavy atom. The molecule has 7 rings (SSSR count). The summed E-state index contributed by atoms with van der Waals surface area (Å²) in [4.78, 5) is 22.5. The van der Waals surface area contributed by atoms with Crippen LogP contribution in [0.5, 0.6) is 0 Å². The van der Waals surface area contributed by atoms with Gasteiger partial charge in [-0.2, -0.15) is 13.2 Å². The Hall–Kier alpha value is -4.07. The highest BCUT2D eigenvalue weighted by Crippen LogP contribution is 2.36. The summed E-state index contributed by atoms with van der Waals surface area (Å²) in [5, 5.41) is 1.13. The Kier molecular flexibility index (Phi) is 5.54. The molecule has 0 radical (unpaired) electrons. The molecule has 39 heavy (non-hydrogen) atoms. The van der Waals surface area contributed by atoms with Crippen molar-refractivity contribution in [2.45, 2.75) is 32.0 Å². The van der Waals surface area contributed by atoms with E-state index in [0.717, 1.165) is 65.5 Å². The molecule has 1 aliphatic heterocycles. The summed E-state index contributed by atoms with van der Waals surface area (Å²) in [5.41, 5.74) is 4.35. The summed E-state index contributed by atoms with van der Waals surface area (Å²) in [6.07, 6.45) is 0.311. The van der Waals surface area contributed by atoms with Gasteiger partial charge in [-0.1, -0.05) is 30.3 Å². The molecular formula is C31H27F3N4O. The fourth-order valence-electron chi connectivity index (χ4n) is 5.78. The Morgan fingerprint density at radius 1 is 0.923 bits per heavy atom. The second-order valence-corrected chi connectivity index (χ2v) is 10.8.